The van der Waals surface area contributed by atoms with E-state index in [4.69, 9.17) is 10.5 Å². The first kappa shape index (κ1) is 13.6. The SMILES string of the molecule is CCC(N)C(=O)OCCc1ccc2ccccc2c1. The zero-order valence-corrected chi connectivity index (χ0v) is 11.1. The van der Waals surface area contributed by atoms with Gasteiger partial charge in [0.1, 0.15) is 6.04 Å². The molecule has 2 aromatic rings. The molecule has 0 saturated carbocycles. The van der Waals surface area contributed by atoms with Gasteiger partial charge >= 0.3 is 5.97 Å². The van der Waals surface area contributed by atoms with Gasteiger partial charge in [-0.3, -0.25) is 4.79 Å². The molecule has 1 unspecified atom stereocenters. The third-order valence-corrected chi connectivity index (χ3v) is 3.19. The highest BCUT2D eigenvalue weighted by Crippen LogP contribution is 2.15. The molecule has 3 nitrogen and oxygen atoms in total. The van der Waals surface area contributed by atoms with Crippen LogP contribution in [0.5, 0.6) is 0 Å². The van der Waals surface area contributed by atoms with Crippen molar-refractivity contribution in [1.82, 2.24) is 0 Å². The first-order valence-corrected chi connectivity index (χ1v) is 6.60. The molecule has 2 N–H and O–H groups in total. The average Bonchev–Trinajstić information content (AvgIpc) is 2.46. The zero-order valence-electron chi connectivity index (χ0n) is 11.1. The third kappa shape index (κ3) is 3.55. The summed E-state index contributed by atoms with van der Waals surface area (Å²) in [6.07, 6.45) is 1.32. The lowest BCUT2D eigenvalue weighted by molar-refractivity contribution is -0.145. The topological polar surface area (TPSA) is 52.3 Å². The van der Waals surface area contributed by atoms with Gasteiger partial charge in [-0.25, -0.2) is 0 Å². The van der Waals surface area contributed by atoms with Crippen LogP contribution in [0.15, 0.2) is 42.5 Å². The maximum absolute atomic E-state index is 11.4. The van der Waals surface area contributed by atoms with Gasteiger partial charge in [0.05, 0.1) is 6.61 Å². The third-order valence-electron chi connectivity index (χ3n) is 3.19. The summed E-state index contributed by atoms with van der Waals surface area (Å²) < 4.78 is 5.15. The summed E-state index contributed by atoms with van der Waals surface area (Å²) >= 11 is 0. The number of rotatable bonds is 5. The Kier molecular flexibility index (Phi) is 4.53. The molecule has 0 aromatic heterocycles. The standard InChI is InChI=1S/C16H19NO2/c1-2-15(17)16(18)19-10-9-12-7-8-13-5-3-4-6-14(13)11-12/h3-8,11,15H,2,9-10,17H2,1H3. The predicted octanol–water partition coefficient (Wildman–Crippen LogP) is 2.66. The number of carbonyl (C=O) groups is 1. The Morgan fingerprint density at radius 1 is 1.21 bits per heavy atom. The minimum absolute atomic E-state index is 0.316. The number of esters is 1. The smallest absolute Gasteiger partial charge is 0.322 e. The van der Waals surface area contributed by atoms with Gasteiger partial charge in [-0.2, -0.15) is 0 Å². The van der Waals surface area contributed by atoms with Crippen molar-refractivity contribution in [2.24, 2.45) is 5.73 Å². The number of nitrogens with two attached hydrogens (primary N) is 1. The zero-order chi connectivity index (χ0) is 13.7. The van der Waals surface area contributed by atoms with Gasteiger partial charge in [-0.15, -0.1) is 0 Å². The Morgan fingerprint density at radius 3 is 2.68 bits per heavy atom. The molecule has 0 aliphatic rings. The monoisotopic (exact) mass is 257 g/mol. The Hall–Kier alpha value is -1.87. The largest absolute Gasteiger partial charge is 0.464 e. The molecule has 0 radical (unpaired) electrons. The number of benzene rings is 2. The minimum atomic E-state index is -0.503. The van der Waals surface area contributed by atoms with Gasteiger partial charge in [0.2, 0.25) is 0 Å². The van der Waals surface area contributed by atoms with E-state index in [1.54, 1.807) is 0 Å². The van der Waals surface area contributed by atoms with Gasteiger partial charge in [0, 0.05) is 6.42 Å². The predicted molar refractivity (Wildman–Crippen MR) is 76.9 cm³/mol. The van der Waals surface area contributed by atoms with E-state index in [9.17, 15) is 4.79 Å². The first-order chi connectivity index (χ1) is 9.20. The summed E-state index contributed by atoms with van der Waals surface area (Å²) in [5.41, 5.74) is 6.76. The van der Waals surface area contributed by atoms with E-state index in [0.717, 1.165) is 5.56 Å². The number of ether oxygens (including phenoxy) is 1. The van der Waals surface area contributed by atoms with Crippen LogP contribution in [0.1, 0.15) is 18.9 Å². The maximum Gasteiger partial charge on any atom is 0.322 e. The molecule has 0 fully saturated rings. The van der Waals surface area contributed by atoms with Crippen LogP contribution in [0.2, 0.25) is 0 Å². The second-order valence-electron chi connectivity index (χ2n) is 4.61. The van der Waals surface area contributed by atoms with Crippen LogP contribution in [0, 0.1) is 0 Å². The second kappa shape index (κ2) is 6.34. The quantitative estimate of drug-likeness (QED) is 0.838. The summed E-state index contributed by atoms with van der Waals surface area (Å²) in [6, 6.07) is 14.0. The Balaban J connectivity index is 1.93. The van der Waals surface area contributed by atoms with Crippen molar-refractivity contribution in [2.45, 2.75) is 25.8 Å². The fourth-order valence-electron chi connectivity index (χ4n) is 1.94. The minimum Gasteiger partial charge on any atom is -0.464 e. The van der Waals surface area contributed by atoms with Crippen LogP contribution >= 0.6 is 0 Å². The van der Waals surface area contributed by atoms with Gasteiger partial charge in [0.25, 0.3) is 0 Å². The highest BCUT2D eigenvalue weighted by atomic mass is 16.5. The van der Waals surface area contributed by atoms with E-state index >= 15 is 0 Å². The fraction of sp³-hybridized carbons (Fsp3) is 0.312. The number of fused-ring (bicyclic) bond motifs is 1. The van der Waals surface area contributed by atoms with E-state index in [-0.39, 0.29) is 5.97 Å². The van der Waals surface area contributed by atoms with Crippen molar-refractivity contribution in [3.8, 4) is 0 Å². The number of hydrogen-bond acceptors (Lipinski definition) is 3. The van der Waals surface area contributed by atoms with Crippen LogP contribution in [0.3, 0.4) is 0 Å². The number of hydrogen-bond donors (Lipinski definition) is 1. The van der Waals surface area contributed by atoms with E-state index in [1.807, 2.05) is 19.1 Å². The highest BCUT2D eigenvalue weighted by Gasteiger charge is 2.11. The van der Waals surface area contributed by atoms with Crippen LogP contribution in [0.4, 0.5) is 0 Å². The fourth-order valence-corrected chi connectivity index (χ4v) is 1.94. The van der Waals surface area contributed by atoms with Gasteiger partial charge in [0.15, 0.2) is 0 Å². The molecule has 0 bridgehead atoms. The second-order valence-corrected chi connectivity index (χ2v) is 4.61. The maximum atomic E-state index is 11.4. The molecule has 1 atom stereocenters. The molecule has 2 rings (SSSR count). The molecule has 100 valence electrons. The van der Waals surface area contributed by atoms with E-state index in [2.05, 4.69) is 30.3 Å². The van der Waals surface area contributed by atoms with Crippen molar-refractivity contribution >= 4 is 16.7 Å². The Labute approximate surface area is 113 Å². The highest BCUT2D eigenvalue weighted by molar-refractivity contribution is 5.83. The Bertz CT molecular complexity index is 565. The van der Waals surface area contributed by atoms with Crippen molar-refractivity contribution in [3.05, 3.63) is 48.0 Å². The van der Waals surface area contributed by atoms with E-state index in [0.29, 0.717) is 19.4 Å². The van der Waals surface area contributed by atoms with Crippen molar-refractivity contribution in [3.63, 3.8) is 0 Å². The van der Waals surface area contributed by atoms with Gasteiger partial charge < -0.3 is 10.5 Å². The van der Waals surface area contributed by atoms with Crippen molar-refractivity contribution in [1.29, 1.82) is 0 Å². The molecule has 0 heterocycles. The average molecular weight is 257 g/mol. The Morgan fingerprint density at radius 2 is 1.95 bits per heavy atom. The van der Waals surface area contributed by atoms with Crippen LogP contribution in [-0.2, 0) is 16.0 Å². The molecule has 0 aliphatic heterocycles. The molecule has 19 heavy (non-hydrogen) atoms. The van der Waals surface area contributed by atoms with E-state index in [1.165, 1.54) is 10.8 Å². The molecule has 0 aliphatic carbocycles. The van der Waals surface area contributed by atoms with Crippen molar-refractivity contribution < 1.29 is 9.53 Å². The van der Waals surface area contributed by atoms with Crippen LogP contribution in [-0.4, -0.2) is 18.6 Å². The van der Waals surface area contributed by atoms with Crippen LogP contribution in [0.25, 0.3) is 10.8 Å². The normalized spacial score (nSPS) is 12.3. The van der Waals surface area contributed by atoms with Gasteiger partial charge in [-0.1, -0.05) is 49.4 Å². The molecule has 3 heteroatoms. The molecular formula is C16H19NO2. The molecule has 0 amide bonds. The van der Waals surface area contributed by atoms with Gasteiger partial charge in [-0.05, 0) is 22.8 Å². The lowest BCUT2D eigenvalue weighted by Gasteiger charge is -2.09. The molecular weight excluding hydrogens is 238 g/mol. The number of carbonyl (C=O) groups excluding carboxylic acids is 1. The summed E-state index contributed by atoms with van der Waals surface area (Å²) in [7, 11) is 0. The molecule has 0 spiro atoms. The summed E-state index contributed by atoms with van der Waals surface area (Å²) in [4.78, 5) is 11.4. The van der Waals surface area contributed by atoms with Crippen molar-refractivity contribution in [2.75, 3.05) is 6.61 Å². The lowest BCUT2D eigenvalue weighted by Crippen LogP contribution is -2.31. The van der Waals surface area contributed by atoms with Crippen LogP contribution < -0.4 is 5.73 Å². The molecule has 2 aromatic carbocycles. The summed E-state index contributed by atoms with van der Waals surface area (Å²) in [6.45, 7) is 2.25. The summed E-state index contributed by atoms with van der Waals surface area (Å²) in [5, 5.41) is 2.42. The molecule has 0 saturated heterocycles. The first-order valence-electron chi connectivity index (χ1n) is 6.60. The van der Waals surface area contributed by atoms with E-state index < -0.39 is 6.04 Å². The summed E-state index contributed by atoms with van der Waals surface area (Å²) in [5.74, 6) is -0.316. The lowest BCUT2D eigenvalue weighted by atomic mass is 10.1.